The minimum Gasteiger partial charge on any atom is -0.491 e. The van der Waals surface area contributed by atoms with Gasteiger partial charge in [-0.1, -0.05) is 24.3 Å². The van der Waals surface area contributed by atoms with E-state index in [4.69, 9.17) is 4.74 Å². The SMILES string of the molecule is Cc1ccccc1CNc1cc(C(=O)Nc2ccc(OC(C)C)cc2)ncn1. The fourth-order valence-electron chi connectivity index (χ4n) is 2.66. The Morgan fingerprint density at radius 2 is 1.82 bits per heavy atom. The van der Waals surface area contributed by atoms with Crippen LogP contribution in [0.2, 0.25) is 0 Å². The number of carbonyl (C=O) groups excluding carboxylic acids is 1. The van der Waals surface area contributed by atoms with Gasteiger partial charge in [0.15, 0.2) is 0 Å². The number of aryl methyl sites for hydroxylation is 1. The molecule has 0 aliphatic carbocycles. The van der Waals surface area contributed by atoms with Gasteiger partial charge in [0.25, 0.3) is 5.91 Å². The van der Waals surface area contributed by atoms with E-state index < -0.39 is 0 Å². The number of nitrogens with zero attached hydrogens (tertiary/aromatic N) is 2. The summed E-state index contributed by atoms with van der Waals surface area (Å²) in [5.41, 5.74) is 3.35. The fraction of sp³-hybridized carbons (Fsp3) is 0.227. The van der Waals surface area contributed by atoms with Gasteiger partial charge in [-0.3, -0.25) is 4.79 Å². The number of amides is 1. The van der Waals surface area contributed by atoms with Crippen molar-refractivity contribution in [3.05, 3.63) is 77.7 Å². The molecule has 6 nitrogen and oxygen atoms in total. The lowest BCUT2D eigenvalue weighted by Gasteiger charge is -2.11. The van der Waals surface area contributed by atoms with Crippen LogP contribution in [-0.4, -0.2) is 22.0 Å². The summed E-state index contributed by atoms with van der Waals surface area (Å²) in [5, 5.41) is 6.08. The minimum absolute atomic E-state index is 0.104. The van der Waals surface area contributed by atoms with Crippen LogP contribution in [0.3, 0.4) is 0 Å². The average Bonchev–Trinajstić information content (AvgIpc) is 2.69. The molecular formula is C22H24N4O2. The lowest BCUT2D eigenvalue weighted by Crippen LogP contribution is -2.15. The van der Waals surface area contributed by atoms with E-state index >= 15 is 0 Å². The first-order valence-corrected chi connectivity index (χ1v) is 9.20. The van der Waals surface area contributed by atoms with Crippen LogP contribution >= 0.6 is 0 Å². The quantitative estimate of drug-likeness (QED) is 0.638. The molecule has 2 aromatic carbocycles. The van der Waals surface area contributed by atoms with Gasteiger partial charge >= 0.3 is 0 Å². The molecule has 3 rings (SSSR count). The van der Waals surface area contributed by atoms with Crippen molar-refractivity contribution in [1.82, 2.24) is 9.97 Å². The summed E-state index contributed by atoms with van der Waals surface area (Å²) in [6.07, 6.45) is 1.49. The zero-order chi connectivity index (χ0) is 19.9. The first-order chi connectivity index (χ1) is 13.5. The molecule has 6 heteroatoms. The van der Waals surface area contributed by atoms with Crippen molar-refractivity contribution >= 4 is 17.4 Å². The van der Waals surface area contributed by atoms with E-state index in [0.29, 0.717) is 23.7 Å². The maximum atomic E-state index is 12.5. The Morgan fingerprint density at radius 1 is 1.07 bits per heavy atom. The van der Waals surface area contributed by atoms with Gasteiger partial charge in [-0.2, -0.15) is 0 Å². The summed E-state index contributed by atoms with van der Waals surface area (Å²) < 4.78 is 5.60. The number of rotatable bonds is 7. The van der Waals surface area contributed by atoms with Crippen LogP contribution in [0.4, 0.5) is 11.5 Å². The summed E-state index contributed by atoms with van der Waals surface area (Å²) in [7, 11) is 0. The van der Waals surface area contributed by atoms with E-state index in [9.17, 15) is 4.79 Å². The zero-order valence-electron chi connectivity index (χ0n) is 16.3. The summed E-state index contributed by atoms with van der Waals surface area (Å²) in [6, 6.07) is 17.0. The molecule has 1 heterocycles. The molecule has 0 fully saturated rings. The van der Waals surface area contributed by atoms with Gasteiger partial charge in [-0.25, -0.2) is 9.97 Å². The third-order valence-electron chi connectivity index (χ3n) is 4.10. The number of anilines is 2. The maximum Gasteiger partial charge on any atom is 0.274 e. The maximum absolute atomic E-state index is 12.5. The summed E-state index contributed by atoms with van der Waals surface area (Å²) in [4.78, 5) is 20.8. The van der Waals surface area contributed by atoms with E-state index in [-0.39, 0.29) is 12.0 Å². The van der Waals surface area contributed by atoms with Crippen molar-refractivity contribution in [2.75, 3.05) is 10.6 Å². The fourth-order valence-corrected chi connectivity index (χ4v) is 2.66. The van der Waals surface area contributed by atoms with E-state index in [2.05, 4.69) is 39.7 Å². The molecule has 1 amide bonds. The molecule has 28 heavy (non-hydrogen) atoms. The van der Waals surface area contributed by atoms with Crippen LogP contribution in [0.1, 0.15) is 35.5 Å². The van der Waals surface area contributed by atoms with Crippen LogP contribution in [0.25, 0.3) is 0 Å². The number of ether oxygens (including phenoxy) is 1. The largest absolute Gasteiger partial charge is 0.491 e. The van der Waals surface area contributed by atoms with Gasteiger partial charge in [-0.15, -0.1) is 0 Å². The number of carbonyl (C=O) groups is 1. The van der Waals surface area contributed by atoms with Crippen LogP contribution in [0.5, 0.6) is 5.75 Å². The second-order valence-corrected chi connectivity index (χ2v) is 6.71. The Morgan fingerprint density at radius 3 is 2.54 bits per heavy atom. The van der Waals surface area contributed by atoms with Gasteiger partial charge < -0.3 is 15.4 Å². The molecular weight excluding hydrogens is 352 g/mol. The predicted octanol–water partition coefficient (Wildman–Crippen LogP) is 4.44. The second kappa shape index (κ2) is 8.99. The van der Waals surface area contributed by atoms with Crippen LogP contribution < -0.4 is 15.4 Å². The highest BCUT2D eigenvalue weighted by atomic mass is 16.5. The number of aromatic nitrogens is 2. The van der Waals surface area contributed by atoms with Crippen molar-refractivity contribution in [2.45, 2.75) is 33.4 Å². The zero-order valence-corrected chi connectivity index (χ0v) is 16.3. The summed E-state index contributed by atoms with van der Waals surface area (Å²) >= 11 is 0. The number of benzene rings is 2. The minimum atomic E-state index is -0.293. The number of hydrogen-bond donors (Lipinski definition) is 2. The molecule has 144 valence electrons. The van der Waals surface area contributed by atoms with Crippen LogP contribution in [0, 0.1) is 6.92 Å². The van der Waals surface area contributed by atoms with Crippen molar-refractivity contribution in [3.8, 4) is 5.75 Å². The van der Waals surface area contributed by atoms with Gasteiger partial charge in [0.1, 0.15) is 23.6 Å². The van der Waals surface area contributed by atoms with E-state index in [1.807, 2.05) is 38.1 Å². The van der Waals surface area contributed by atoms with Crippen molar-refractivity contribution in [1.29, 1.82) is 0 Å². The van der Waals surface area contributed by atoms with E-state index in [1.165, 1.54) is 17.5 Å². The Kier molecular flexibility index (Phi) is 6.22. The monoisotopic (exact) mass is 376 g/mol. The molecule has 3 aromatic rings. The standard InChI is InChI=1S/C22H24N4O2/c1-15(2)28-19-10-8-18(9-11-19)26-22(27)20-12-21(25-14-24-20)23-13-17-7-5-4-6-16(17)3/h4-12,14-15H,13H2,1-3H3,(H,26,27)(H,23,24,25). The van der Waals surface area contributed by atoms with E-state index in [1.54, 1.807) is 18.2 Å². The normalized spacial score (nSPS) is 10.6. The van der Waals surface area contributed by atoms with Crippen molar-refractivity contribution in [2.24, 2.45) is 0 Å². The molecule has 0 atom stereocenters. The van der Waals surface area contributed by atoms with Crippen molar-refractivity contribution in [3.63, 3.8) is 0 Å². The Bertz CT molecular complexity index is 939. The number of hydrogen-bond acceptors (Lipinski definition) is 5. The van der Waals surface area contributed by atoms with Gasteiger partial charge in [0, 0.05) is 18.3 Å². The Balaban J connectivity index is 1.62. The number of nitrogens with one attached hydrogen (secondary N) is 2. The molecule has 0 saturated heterocycles. The highest BCUT2D eigenvalue weighted by molar-refractivity contribution is 6.03. The topological polar surface area (TPSA) is 76.1 Å². The first-order valence-electron chi connectivity index (χ1n) is 9.20. The van der Waals surface area contributed by atoms with Crippen molar-refractivity contribution < 1.29 is 9.53 Å². The Hall–Kier alpha value is -3.41. The van der Waals surface area contributed by atoms with Gasteiger partial charge in [0.05, 0.1) is 6.10 Å². The van der Waals surface area contributed by atoms with E-state index in [0.717, 1.165) is 5.75 Å². The smallest absolute Gasteiger partial charge is 0.274 e. The van der Waals surface area contributed by atoms with Gasteiger partial charge in [-0.05, 0) is 56.2 Å². The van der Waals surface area contributed by atoms with Gasteiger partial charge in [0.2, 0.25) is 0 Å². The molecule has 0 radical (unpaired) electrons. The lowest BCUT2D eigenvalue weighted by molar-refractivity contribution is 0.102. The highest BCUT2D eigenvalue weighted by Gasteiger charge is 2.10. The molecule has 0 saturated carbocycles. The molecule has 0 spiro atoms. The Labute approximate surface area is 165 Å². The predicted molar refractivity (Wildman–Crippen MR) is 111 cm³/mol. The molecule has 0 bridgehead atoms. The molecule has 1 aromatic heterocycles. The second-order valence-electron chi connectivity index (χ2n) is 6.71. The molecule has 2 N–H and O–H groups in total. The van der Waals surface area contributed by atoms with Crippen LogP contribution in [-0.2, 0) is 6.54 Å². The molecule has 0 unspecified atom stereocenters. The summed E-state index contributed by atoms with van der Waals surface area (Å²) in [6.45, 7) is 6.63. The van der Waals surface area contributed by atoms with Crippen LogP contribution in [0.15, 0.2) is 60.9 Å². The third-order valence-corrected chi connectivity index (χ3v) is 4.10. The third kappa shape index (κ3) is 5.30. The first kappa shape index (κ1) is 19.4. The summed E-state index contributed by atoms with van der Waals surface area (Å²) in [5.74, 6) is 1.07. The highest BCUT2D eigenvalue weighted by Crippen LogP contribution is 2.18. The average molecular weight is 376 g/mol. The molecule has 0 aliphatic rings. The lowest BCUT2D eigenvalue weighted by atomic mass is 10.1. The molecule has 0 aliphatic heterocycles.